The molecule has 20 heavy (non-hydrogen) atoms. The number of anilines is 1. The predicted molar refractivity (Wildman–Crippen MR) is 77.7 cm³/mol. The van der Waals surface area contributed by atoms with Crippen molar-refractivity contribution < 1.29 is 14.7 Å². The highest BCUT2D eigenvalue weighted by Crippen LogP contribution is 2.12. The zero-order valence-corrected chi connectivity index (χ0v) is 12.0. The van der Waals surface area contributed by atoms with Crippen LogP contribution in [-0.2, 0) is 11.3 Å². The van der Waals surface area contributed by atoms with Crippen molar-refractivity contribution >= 4 is 17.7 Å². The van der Waals surface area contributed by atoms with Crippen molar-refractivity contribution in [1.82, 2.24) is 10.2 Å². The summed E-state index contributed by atoms with van der Waals surface area (Å²) in [6.07, 6.45) is 0.360. The van der Waals surface area contributed by atoms with E-state index in [0.717, 1.165) is 5.56 Å². The zero-order chi connectivity index (χ0) is 15.1. The summed E-state index contributed by atoms with van der Waals surface area (Å²) in [5.74, 6) is -1.01. The maximum Gasteiger partial charge on any atom is 0.326 e. The monoisotopic (exact) mass is 279 g/mol. The van der Waals surface area contributed by atoms with Gasteiger partial charge in [0.15, 0.2) is 0 Å². The maximum absolute atomic E-state index is 12.0. The summed E-state index contributed by atoms with van der Waals surface area (Å²) in [7, 11) is 3.33. The SMILES string of the molecule is CCC(C(=O)O)N(C)C(=O)Nc1cccc(CNC)c1. The third-order valence-electron chi connectivity index (χ3n) is 3.02. The normalized spacial score (nSPS) is 11.8. The molecule has 6 heteroatoms. The lowest BCUT2D eigenvalue weighted by atomic mass is 10.2. The number of hydrogen-bond acceptors (Lipinski definition) is 3. The van der Waals surface area contributed by atoms with Gasteiger partial charge in [-0.1, -0.05) is 19.1 Å². The lowest BCUT2D eigenvalue weighted by Gasteiger charge is -2.24. The van der Waals surface area contributed by atoms with Crippen LogP contribution in [-0.4, -0.2) is 42.1 Å². The topological polar surface area (TPSA) is 81.7 Å². The molecule has 0 fully saturated rings. The van der Waals surface area contributed by atoms with Gasteiger partial charge in [-0.25, -0.2) is 9.59 Å². The Balaban J connectivity index is 2.74. The van der Waals surface area contributed by atoms with Gasteiger partial charge in [0.25, 0.3) is 0 Å². The number of benzene rings is 1. The average Bonchev–Trinajstić information content (AvgIpc) is 2.39. The fourth-order valence-corrected chi connectivity index (χ4v) is 1.93. The molecule has 0 aliphatic heterocycles. The second-order valence-electron chi connectivity index (χ2n) is 4.53. The van der Waals surface area contributed by atoms with Gasteiger partial charge in [-0.2, -0.15) is 0 Å². The van der Waals surface area contributed by atoms with Crippen LogP contribution in [0.5, 0.6) is 0 Å². The van der Waals surface area contributed by atoms with E-state index in [1.807, 2.05) is 25.2 Å². The summed E-state index contributed by atoms with van der Waals surface area (Å²) < 4.78 is 0. The summed E-state index contributed by atoms with van der Waals surface area (Å²) >= 11 is 0. The number of amides is 2. The molecule has 0 aliphatic carbocycles. The van der Waals surface area contributed by atoms with Gasteiger partial charge in [0, 0.05) is 19.3 Å². The number of aliphatic carboxylic acids is 1. The number of carboxylic acids is 1. The van der Waals surface area contributed by atoms with Crippen molar-refractivity contribution in [1.29, 1.82) is 0 Å². The minimum absolute atomic E-state index is 0.360. The Morgan fingerprint density at radius 3 is 2.65 bits per heavy atom. The van der Waals surface area contributed by atoms with E-state index in [2.05, 4.69) is 10.6 Å². The summed E-state index contributed by atoms with van der Waals surface area (Å²) in [6, 6.07) is 6.16. The molecule has 0 spiro atoms. The average molecular weight is 279 g/mol. The Labute approximate surface area is 118 Å². The highest BCUT2D eigenvalue weighted by Gasteiger charge is 2.24. The van der Waals surface area contributed by atoms with E-state index < -0.39 is 18.0 Å². The molecule has 0 saturated carbocycles. The van der Waals surface area contributed by atoms with Crippen LogP contribution in [0.1, 0.15) is 18.9 Å². The van der Waals surface area contributed by atoms with Crippen LogP contribution < -0.4 is 10.6 Å². The van der Waals surface area contributed by atoms with Gasteiger partial charge in [-0.3, -0.25) is 0 Å². The minimum Gasteiger partial charge on any atom is -0.480 e. The number of carbonyl (C=O) groups excluding carboxylic acids is 1. The number of likely N-dealkylation sites (N-methyl/N-ethyl adjacent to an activating group) is 1. The van der Waals surface area contributed by atoms with E-state index >= 15 is 0 Å². The van der Waals surface area contributed by atoms with Gasteiger partial charge in [0.05, 0.1) is 0 Å². The molecule has 2 amide bonds. The fraction of sp³-hybridized carbons (Fsp3) is 0.429. The molecule has 6 nitrogen and oxygen atoms in total. The zero-order valence-electron chi connectivity index (χ0n) is 12.0. The third-order valence-corrected chi connectivity index (χ3v) is 3.02. The largest absolute Gasteiger partial charge is 0.480 e. The number of carbonyl (C=O) groups is 2. The first-order chi connectivity index (χ1) is 9.49. The van der Waals surface area contributed by atoms with Crippen molar-refractivity contribution in [3.05, 3.63) is 29.8 Å². The highest BCUT2D eigenvalue weighted by atomic mass is 16.4. The van der Waals surface area contributed by atoms with E-state index in [9.17, 15) is 9.59 Å². The molecule has 1 aromatic carbocycles. The molecule has 1 aromatic rings. The molecule has 0 aromatic heterocycles. The van der Waals surface area contributed by atoms with Crippen molar-refractivity contribution in [3.63, 3.8) is 0 Å². The first-order valence-electron chi connectivity index (χ1n) is 6.49. The second-order valence-corrected chi connectivity index (χ2v) is 4.53. The van der Waals surface area contributed by atoms with E-state index in [1.54, 1.807) is 13.0 Å². The Kier molecular flexibility index (Phi) is 5.99. The summed E-state index contributed by atoms with van der Waals surface area (Å²) in [4.78, 5) is 24.3. The summed E-state index contributed by atoms with van der Waals surface area (Å²) in [6.45, 7) is 2.43. The summed E-state index contributed by atoms with van der Waals surface area (Å²) in [5, 5.41) is 14.8. The van der Waals surface area contributed by atoms with Crippen LogP contribution in [0.25, 0.3) is 0 Å². The molecular formula is C14H21N3O3. The van der Waals surface area contributed by atoms with Crippen LogP contribution in [0, 0.1) is 0 Å². The van der Waals surface area contributed by atoms with E-state index in [0.29, 0.717) is 18.7 Å². The van der Waals surface area contributed by atoms with Gasteiger partial charge in [-0.15, -0.1) is 0 Å². The van der Waals surface area contributed by atoms with Crippen molar-refractivity contribution in [2.45, 2.75) is 25.9 Å². The minimum atomic E-state index is -1.01. The van der Waals surface area contributed by atoms with E-state index in [4.69, 9.17) is 5.11 Å². The predicted octanol–water partition coefficient (Wildman–Crippen LogP) is 1.73. The maximum atomic E-state index is 12.0. The fourth-order valence-electron chi connectivity index (χ4n) is 1.93. The Morgan fingerprint density at radius 1 is 1.40 bits per heavy atom. The smallest absolute Gasteiger partial charge is 0.326 e. The Hall–Kier alpha value is -2.08. The van der Waals surface area contributed by atoms with E-state index in [1.165, 1.54) is 11.9 Å². The third kappa shape index (κ3) is 4.24. The van der Waals surface area contributed by atoms with Crippen molar-refractivity contribution in [2.24, 2.45) is 0 Å². The number of nitrogens with zero attached hydrogens (tertiary/aromatic N) is 1. The molecular weight excluding hydrogens is 258 g/mol. The second kappa shape index (κ2) is 7.49. The Morgan fingerprint density at radius 2 is 2.10 bits per heavy atom. The first-order valence-corrected chi connectivity index (χ1v) is 6.49. The molecule has 1 atom stereocenters. The van der Waals surface area contributed by atoms with Gasteiger partial charge in [0.1, 0.15) is 6.04 Å². The molecule has 3 N–H and O–H groups in total. The molecule has 0 heterocycles. The van der Waals surface area contributed by atoms with Crippen LogP contribution in [0.4, 0.5) is 10.5 Å². The van der Waals surface area contributed by atoms with Crippen LogP contribution >= 0.6 is 0 Å². The summed E-state index contributed by atoms with van der Waals surface area (Å²) in [5.41, 5.74) is 1.69. The number of nitrogens with one attached hydrogen (secondary N) is 2. The number of hydrogen-bond donors (Lipinski definition) is 3. The lowest BCUT2D eigenvalue weighted by Crippen LogP contribution is -2.44. The van der Waals surface area contributed by atoms with Crippen LogP contribution in [0.3, 0.4) is 0 Å². The van der Waals surface area contributed by atoms with E-state index in [-0.39, 0.29) is 0 Å². The molecule has 0 aliphatic rings. The van der Waals surface area contributed by atoms with Gasteiger partial charge < -0.3 is 20.6 Å². The molecule has 1 unspecified atom stereocenters. The number of carboxylic acid groups (broad SMARTS) is 1. The van der Waals surface area contributed by atoms with Gasteiger partial charge in [-0.05, 0) is 31.2 Å². The van der Waals surface area contributed by atoms with Crippen molar-refractivity contribution in [2.75, 3.05) is 19.4 Å². The van der Waals surface area contributed by atoms with Crippen LogP contribution in [0.15, 0.2) is 24.3 Å². The molecule has 1 rings (SSSR count). The molecule has 0 bridgehead atoms. The van der Waals surface area contributed by atoms with Crippen LogP contribution in [0.2, 0.25) is 0 Å². The van der Waals surface area contributed by atoms with Gasteiger partial charge in [0.2, 0.25) is 0 Å². The molecule has 0 radical (unpaired) electrons. The first kappa shape index (κ1) is 16.0. The standard InChI is InChI=1S/C14H21N3O3/c1-4-12(13(18)19)17(3)14(20)16-11-7-5-6-10(8-11)9-15-2/h5-8,12,15H,4,9H2,1-3H3,(H,16,20)(H,18,19). The number of rotatable bonds is 6. The quantitative estimate of drug-likeness (QED) is 0.740. The molecule has 0 saturated heterocycles. The Bertz CT molecular complexity index is 476. The van der Waals surface area contributed by atoms with Crippen molar-refractivity contribution in [3.8, 4) is 0 Å². The lowest BCUT2D eigenvalue weighted by molar-refractivity contribution is -0.141. The number of urea groups is 1. The molecule has 110 valence electrons. The van der Waals surface area contributed by atoms with Gasteiger partial charge >= 0.3 is 12.0 Å². The highest BCUT2D eigenvalue weighted by molar-refractivity contribution is 5.92.